The lowest BCUT2D eigenvalue weighted by atomic mass is 10.1. The summed E-state index contributed by atoms with van der Waals surface area (Å²) < 4.78 is 36.6. The molecule has 4 nitrogen and oxygen atoms in total. The predicted molar refractivity (Wildman–Crippen MR) is 107 cm³/mol. The van der Waals surface area contributed by atoms with E-state index < -0.39 is 12.6 Å². The number of fused-ring (bicyclic) bond motifs is 1. The average molecular weight is 468 g/mol. The number of nitrogens with zero attached hydrogens (tertiary/aromatic N) is 1. The van der Waals surface area contributed by atoms with Crippen molar-refractivity contribution >= 4 is 40.8 Å². The van der Waals surface area contributed by atoms with Crippen LogP contribution in [0.15, 0.2) is 29.4 Å². The maximum Gasteiger partial charge on any atom is 0.390 e. The van der Waals surface area contributed by atoms with Crippen LogP contribution in [0.3, 0.4) is 0 Å². The number of nitrogens with one attached hydrogen (secondary N) is 3. The van der Waals surface area contributed by atoms with Crippen LogP contribution in [0, 0.1) is 6.92 Å². The molecule has 0 spiro atoms. The number of benzene rings is 1. The Kier molecular flexibility index (Phi) is 8.54. The van der Waals surface area contributed by atoms with Crippen LogP contribution >= 0.6 is 24.0 Å². The Bertz CT molecular complexity index is 695. The maximum absolute atomic E-state index is 12.2. The van der Waals surface area contributed by atoms with Crippen molar-refractivity contribution < 1.29 is 13.2 Å². The van der Waals surface area contributed by atoms with Gasteiger partial charge in [-0.05, 0) is 31.4 Å². The standard InChI is InChI=1S/C17H23F3N4.HI/c1-3-21-16(23-10-8-17(18,19)20)22-9-7-13-11-24-15-12(2)5-4-6-14(13)15;/h4-6,11,24H,3,7-10H2,1-2H3,(H2,21,22,23);1H. The maximum atomic E-state index is 12.2. The quantitative estimate of drug-likeness (QED) is 0.339. The Morgan fingerprint density at radius 1 is 1.24 bits per heavy atom. The number of aromatic nitrogens is 1. The summed E-state index contributed by atoms with van der Waals surface area (Å²) in [5, 5.41) is 7.22. The molecule has 0 atom stereocenters. The molecule has 1 heterocycles. The molecule has 2 rings (SSSR count). The van der Waals surface area contributed by atoms with Gasteiger partial charge in [-0.1, -0.05) is 18.2 Å². The fraction of sp³-hybridized carbons (Fsp3) is 0.471. The number of hydrogen-bond donors (Lipinski definition) is 3. The van der Waals surface area contributed by atoms with Crippen molar-refractivity contribution in [3.63, 3.8) is 0 Å². The van der Waals surface area contributed by atoms with Gasteiger partial charge in [0.15, 0.2) is 5.96 Å². The normalized spacial score (nSPS) is 12.1. The van der Waals surface area contributed by atoms with Gasteiger partial charge < -0.3 is 15.6 Å². The molecule has 0 fully saturated rings. The number of rotatable bonds is 6. The molecule has 0 saturated carbocycles. The second-order valence-electron chi connectivity index (χ2n) is 5.61. The average Bonchev–Trinajstić information content (AvgIpc) is 2.91. The fourth-order valence-corrected chi connectivity index (χ4v) is 2.52. The summed E-state index contributed by atoms with van der Waals surface area (Å²) in [5.74, 6) is 0.415. The molecule has 140 valence electrons. The Morgan fingerprint density at radius 3 is 2.68 bits per heavy atom. The minimum atomic E-state index is -4.18. The summed E-state index contributed by atoms with van der Waals surface area (Å²) in [4.78, 5) is 7.23. The van der Waals surface area contributed by atoms with Crippen molar-refractivity contribution in [2.24, 2.45) is 4.99 Å². The van der Waals surface area contributed by atoms with Crippen LogP contribution in [0.2, 0.25) is 0 Å². The monoisotopic (exact) mass is 468 g/mol. The third kappa shape index (κ3) is 6.75. The summed E-state index contributed by atoms with van der Waals surface area (Å²) in [6, 6.07) is 6.14. The van der Waals surface area contributed by atoms with Crippen LogP contribution in [0.1, 0.15) is 24.5 Å². The number of aryl methyl sites for hydroxylation is 1. The highest BCUT2D eigenvalue weighted by Gasteiger charge is 2.26. The predicted octanol–water partition coefficient (Wildman–Crippen LogP) is 4.14. The van der Waals surface area contributed by atoms with Crippen molar-refractivity contribution in [3.8, 4) is 0 Å². The molecule has 8 heteroatoms. The van der Waals surface area contributed by atoms with Gasteiger partial charge in [0.25, 0.3) is 0 Å². The van der Waals surface area contributed by atoms with Crippen molar-refractivity contribution in [3.05, 3.63) is 35.5 Å². The highest BCUT2D eigenvalue weighted by Crippen LogP contribution is 2.21. The zero-order chi connectivity index (χ0) is 17.6. The zero-order valence-electron chi connectivity index (χ0n) is 14.3. The van der Waals surface area contributed by atoms with E-state index in [0.29, 0.717) is 19.0 Å². The van der Waals surface area contributed by atoms with E-state index in [-0.39, 0.29) is 30.5 Å². The largest absolute Gasteiger partial charge is 0.390 e. The highest BCUT2D eigenvalue weighted by atomic mass is 127. The van der Waals surface area contributed by atoms with Gasteiger partial charge in [-0.2, -0.15) is 13.2 Å². The molecule has 0 aliphatic rings. The summed E-state index contributed by atoms with van der Waals surface area (Å²) in [6.07, 6.45) is -2.35. The Balaban J connectivity index is 0.00000312. The number of guanidine groups is 1. The van der Waals surface area contributed by atoms with E-state index in [4.69, 9.17) is 0 Å². The number of H-pyrrole nitrogens is 1. The Hall–Kier alpha value is -1.45. The third-order valence-corrected chi connectivity index (χ3v) is 3.71. The van der Waals surface area contributed by atoms with Crippen molar-refractivity contribution in [1.82, 2.24) is 15.6 Å². The lowest BCUT2D eigenvalue weighted by molar-refractivity contribution is -0.132. The molecule has 3 N–H and O–H groups in total. The molecule has 0 saturated heterocycles. The number of halogens is 4. The van der Waals surface area contributed by atoms with Crippen LogP contribution in [0.4, 0.5) is 13.2 Å². The van der Waals surface area contributed by atoms with Crippen LogP contribution in [-0.2, 0) is 6.42 Å². The Morgan fingerprint density at radius 2 is 2.00 bits per heavy atom. The number of aromatic amines is 1. The van der Waals surface area contributed by atoms with Gasteiger partial charge >= 0.3 is 6.18 Å². The van der Waals surface area contributed by atoms with E-state index in [1.54, 1.807) is 0 Å². The minimum Gasteiger partial charge on any atom is -0.361 e. The van der Waals surface area contributed by atoms with Crippen molar-refractivity contribution in [1.29, 1.82) is 0 Å². The molecule has 2 aromatic rings. The van der Waals surface area contributed by atoms with Crippen LogP contribution in [-0.4, -0.2) is 36.8 Å². The van der Waals surface area contributed by atoms with Crippen molar-refractivity contribution in [2.45, 2.75) is 32.9 Å². The first-order valence-electron chi connectivity index (χ1n) is 8.05. The smallest absolute Gasteiger partial charge is 0.361 e. The van der Waals surface area contributed by atoms with Crippen LogP contribution in [0.25, 0.3) is 10.9 Å². The number of aliphatic imine (C=N–C) groups is 1. The molecular formula is C17H24F3IN4. The zero-order valence-corrected chi connectivity index (χ0v) is 16.7. The van der Waals surface area contributed by atoms with Gasteiger partial charge in [0, 0.05) is 30.2 Å². The number of hydrogen-bond acceptors (Lipinski definition) is 1. The van der Waals surface area contributed by atoms with E-state index >= 15 is 0 Å². The van der Waals surface area contributed by atoms with E-state index in [0.717, 1.165) is 11.9 Å². The lowest BCUT2D eigenvalue weighted by Crippen LogP contribution is -2.38. The van der Waals surface area contributed by atoms with Gasteiger partial charge in [-0.15, -0.1) is 24.0 Å². The molecule has 0 aliphatic heterocycles. The second kappa shape index (κ2) is 9.88. The molecule has 0 amide bonds. The number of para-hydroxylation sites is 1. The van der Waals surface area contributed by atoms with E-state index in [2.05, 4.69) is 39.7 Å². The molecule has 0 aliphatic carbocycles. The second-order valence-corrected chi connectivity index (χ2v) is 5.61. The fourth-order valence-electron chi connectivity index (χ4n) is 2.52. The molecule has 1 aromatic heterocycles. The summed E-state index contributed by atoms with van der Waals surface area (Å²) in [7, 11) is 0. The first kappa shape index (κ1) is 21.6. The van der Waals surface area contributed by atoms with Gasteiger partial charge in [0.1, 0.15) is 0 Å². The van der Waals surface area contributed by atoms with E-state index in [1.165, 1.54) is 16.5 Å². The third-order valence-electron chi connectivity index (χ3n) is 3.71. The topological polar surface area (TPSA) is 52.2 Å². The molecule has 0 radical (unpaired) electrons. The SMILES string of the molecule is CCNC(=NCCC(F)(F)F)NCCc1c[nH]c2c(C)cccc12.I. The molecular weight excluding hydrogens is 444 g/mol. The minimum absolute atomic E-state index is 0. The van der Waals surface area contributed by atoms with Crippen LogP contribution in [0.5, 0.6) is 0 Å². The van der Waals surface area contributed by atoms with Gasteiger partial charge in [-0.3, -0.25) is 4.99 Å². The lowest BCUT2D eigenvalue weighted by Gasteiger charge is -2.11. The molecule has 1 aromatic carbocycles. The summed E-state index contributed by atoms with van der Waals surface area (Å²) in [5.41, 5.74) is 3.49. The molecule has 25 heavy (non-hydrogen) atoms. The molecule has 0 bridgehead atoms. The van der Waals surface area contributed by atoms with Gasteiger partial charge in [0.2, 0.25) is 0 Å². The Labute approximate surface area is 162 Å². The van der Waals surface area contributed by atoms with Gasteiger partial charge in [-0.25, -0.2) is 0 Å². The highest BCUT2D eigenvalue weighted by molar-refractivity contribution is 14.0. The summed E-state index contributed by atoms with van der Waals surface area (Å²) >= 11 is 0. The van der Waals surface area contributed by atoms with Gasteiger partial charge in [0.05, 0.1) is 13.0 Å². The van der Waals surface area contributed by atoms with E-state index in [9.17, 15) is 13.2 Å². The van der Waals surface area contributed by atoms with Crippen LogP contribution < -0.4 is 10.6 Å². The van der Waals surface area contributed by atoms with E-state index in [1.807, 2.05) is 19.2 Å². The first-order chi connectivity index (χ1) is 11.4. The van der Waals surface area contributed by atoms with Crippen molar-refractivity contribution in [2.75, 3.05) is 19.6 Å². The molecule has 0 unspecified atom stereocenters. The summed E-state index contributed by atoms with van der Waals surface area (Å²) in [6.45, 7) is 4.86. The number of alkyl halides is 3. The first-order valence-corrected chi connectivity index (χ1v) is 8.05.